The van der Waals surface area contributed by atoms with Gasteiger partial charge in [-0.15, -0.1) is 11.3 Å². The van der Waals surface area contributed by atoms with E-state index in [1.165, 1.54) is 4.88 Å². The van der Waals surface area contributed by atoms with Crippen LogP contribution >= 0.6 is 11.3 Å². The van der Waals surface area contributed by atoms with E-state index in [0.29, 0.717) is 29.6 Å². The lowest BCUT2D eigenvalue weighted by atomic mass is 9.63. The molecule has 0 unspecified atom stereocenters. The third-order valence-electron chi connectivity index (χ3n) is 7.91. The molecule has 38 heavy (non-hydrogen) atoms. The molecule has 0 saturated heterocycles. The molecule has 0 amide bonds. The van der Waals surface area contributed by atoms with E-state index in [-0.39, 0.29) is 5.41 Å². The minimum Gasteiger partial charge on any atom is -0.477 e. The Morgan fingerprint density at radius 2 is 2.03 bits per heavy atom. The zero-order valence-electron chi connectivity index (χ0n) is 21.9. The number of ether oxygens (including phenoxy) is 1. The van der Waals surface area contributed by atoms with Crippen molar-refractivity contribution in [1.82, 2.24) is 20.0 Å². The van der Waals surface area contributed by atoms with Crippen molar-refractivity contribution in [2.24, 2.45) is 10.4 Å². The predicted octanol–water partition coefficient (Wildman–Crippen LogP) is 4.91. The summed E-state index contributed by atoms with van der Waals surface area (Å²) in [4.78, 5) is 28.4. The van der Waals surface area contributed by atoms with E-state index >= 15 is 0 Å². The largest absolute Gasteiger partial charge is 0.477 e. The van der Waals surface area contributed by atoms with E-state index in [9.17, 15) is 10.1 Å². The average Bonchev–Trinajstić information content (AvgIpc) is 3.39. The molecule has 0 aromatic carbocycles. The fraction of sp³-hybridized carbons (Fsp3) is 0.500. The van der Waals surface area contributed by atoms with Gasteiger partial charge in [-0.1, -0.05) is 5.16 Å². The van der Waals surface area contributed by atoms with Gasteiger partial charge in [0.2, 0.25) is 5.88 Å². The molecule has 10 heteroatoms. The van der Waals surface area contributed by atoms with Crippen molar-refractivity contribution in [2.45, 2.75) is 63.7 Å². The minimum absolute atomic E-state index is 0.322. The highest BCUT2D eigenvalue weighted by molar-refractivity contribution is 7.16. The Kier molecular flexibility index (Phi) is 6.06. The van der Waals surface area contributed by atoms with Crippen LogP contribution in [0.2, 0.25) is 0 Å². The van der Waals surface area contributed by atoms with Crippen LogP contribution in [0.1, 0.15) is 71.5 Å². The minimum atomic E-state index is -0.397. The summed E-state index contributed by atoms with van der Waals surface area (Å²) in [7, 11) is 3.84. The van der Waals surface area contributed by atoms with E-state index in [2.05, 4.69) is 26.2 Å². The molecular weight excluding hydrogens is 500 g/mol. The second kappa shape index (κ2) is 9.31. The standard InChI is InChI=1S/C28H30N6O3S/c1-17-12-21(36-15-27(14-35)10-11-27)32-25(31-17)23-18-6-4-8-28(24(18)37-33-23)9-5-7-20-22(28)19(13-29)26(38-20)30-16-34(2)3/h12,14,16H,4-11,15H2,1-3H3/t28-/m0/s1. The Balaban J connectivity index is 1.41. The summed E-state index contributed by atoms with van der Waals surface area (Å²) >= 11 is 1.62. The van der Waals surface area contributed by atoms with Gasteiger partial charge in [0.15, 0.2) is 17.3 Å². The first kappa shape index (κ1) is 24.7. The monoisotopic (exact) mass is 530 g/mol. The Labute approximate surface area is 225 Å². The van der Waals surface area contributed by atoms with Gasteiger partial charge in [0, 0.05) is 36.3 Å². The lowest BCUT2D eigenvalue weighted by Crippen LogP contribution is -2.35. The Bertz CT molecular complexity index is 1470. The van der Waals surface area contributed by atoms with E-state index in [1.807, 2.05) is 25.9 Å². The molecule has 3 heterocycles. The zero-order valence-corrected chi connectivity index (χ0v) is 22.7. The molecule has 6 rings (SSSR count). The topological polar surface area (TPSA) is 117 Å². The maximum atomic E-state index is 11.4. The quantitative estimate of drug-likeness (QED) is 0.240. The van der Waals surface area contributed by atoms with Crippen LogP contribution in [0.15, 0.2) is 15.6 Å². The molecule has 1 fully saturated rings. The number of aromatic nitrogens is 3. The third kappa shape index (κ3) is 4.09. The molecule has 3 aromatic heterocycles. The maximum absolute atomic E-state index is 11.4. The molecule has 1 saturated carbocycles. The van der Waals surface area contributed by atoms with Gasteiger partial charge < -0.3 is 19.0 Å². The Morgan fingerprint density at radius 1 is 1.24 bits per heavy atom. The molecule has 0 bridgehead atoms. The van der Waals surface area contributed by atoms with Crippen molar-refractivity contribution in [3.05, 3.63) is 39.1 Å². The summed E-state index contributed by atoms with van der Waals surface area (Å²) in [6.45, 7) is 2.22. The average molecular weight is 531 g/mol. The lowest BCUT2D eigenvalue weighted by molar-refractivity contribution is -0.113. The van der Waals surface area contributed by atoms with Gasteiger partial charge >= 0.3 is 0 Å². The fourth-order valence-corrected chi connectivity index (χ4v) is 7.06. The van der Waals surface area contributed by atoms with Crippen LogP contribution in [0, 0.1) is 23.7 Å². The van der Waals surface area contributed by atoms with Crippen molar-refractivity contribution < 1.29 is 14.1 Å². The fourth-order valence-electron chi connectivity index (χ4n) is 5.83. The number of carbonyl (C=O) groups excluding carboxylic acids is 1. The van der Waals surface area contributed by atoms with Crippen LogP contribution in [0.3, 0.4) is 0 Å². The number of rotatable bonds is 7. The number of carbonyl (C=O) groups is 1. The van der Waals surface area contributed by atoms with Crippen molar-refractivity contribution in [1.29, 1.82) is 5.26 Å². The smallest absolute Gasteiger partial charge is 0.217 e. The molecule has 3 aromatic rings. The van der Waals surface area contributed by atoms with Gasteiger partial charge in [-0.2, -0.15) is 10.2 Å². The number of aldehydes is 1. The SMILES string of the molecule is Cc1cc(OCC2(C=O)CC2)nc(-c2noc3c2CCC[C@@]32CCCc3sc(N=CN(C)C)c(C#N)c32)n1. The van der Waals surface area contributed by atoms with Crippen LogP contribution in [-0.4, -0.2) is 53.4 Å². The van der Waals surface area contributed by atoms with Crippen LogP contribution in [0.4, 0.5) is 5.00 Å². The van der Waals surface area contributed by atoms with Gasteiger partial charge in [-0.25, -0.2) is 9.98 Å². The van der Waals surface area contributed by atoms with Gasteiger partial charge in [0.25, 0.3) is 0 Å². The molecule has 1 spiro atoms. The van der Waals surface area contributed by atoms with E-state index in [1.54, 1.807) is 23.7 Å². The summed E-state index contributed by atoms with van der Waals surface area (Å²) in [6, 6.07) is 4.25. The number of hydrogen-bond acceptors (Lipinski definition) is 9. The number of nitriles is 1. The molecule has 196 valence electrons. The highest BCUT2D eigenvalue weighted by Gasteiger charge is 2.49. The molecule has 9 nitrogen and oxygen atoms in total. The van der Waals surface area contributed by atoms with Crippen LogP contribution in [0.5, 0.6) is 5.88 Å². The number of nitrogens with zero attached hydrogens (tertiary/aromatic N) is 6. The summed E-state index contributed by atoms with van der Waals surface area (Å²) in [5.41, 5.74) is 3.37. The van der Waals surface area contributed by atoms with Gasteiger partial charge in [0.1, 0.15) is 24.0 Å². The number of aliphatic imine (C=N–C) groups is 1. The van der Waals surface area contributed by atoms with Crippen molar-refractivity contribution in [3.8, 4) is 23.5 Å². The number of thiophene rings is 1. The second-order valence-corrected chi connectivity index (χ2v) is 12.1. The summed E-state index contributed by atoms with van der Waals surface area (Å²) in [5, 5.41) is 15.5. The summed E-state index contributed by atoms with van der Waals surface area (Å²) < 4.78 is 12.1. The lowest BCUT2D eigenvalue weighted by Gasteiger charge is -2.39. The molecule has 3 aliphatic carbocycles. The molecule has 3 aliphatic rings. The first-order chi connectivity index (χ1) is 18.4. The van der Waals surface area contributed by atoms with Gasteiger partial charge in [0.05, 0.1) is 22.7 Å². The summed E-state index contributed by atoms with van der Waals surface area (Å²) in [5.74, 6) is 1.74. The molecular formula is C28H30N6O3S. The van der Waals surface area contributed by atoms with Crippen molar-refractivity contribution >= 4 is 29.0 Å². The first-order valence-corrected chi connectivity index (χ1v) is 13.9. The third-order valence-corrected chi connectivity index (χ3v) is 9.07. The van der Waals surface area contributed by atoms with Gasteiger partial charge in [-0.05, 0) is 63.9 Å². The maximum Gasteiger partial charge on any atom is 0.217 e. The predicted molar refractivity (Wildman–Crippen MR) is 143 cm³/mol. The number of aryl methyl sites for hydroxylation is 2. The molecule has 0 N–H and O–H groups in total. The number of hydrogen-bond donors (Lipinski definition) is 0. The van der Waals surface area contributed by atoms with E-state index in [4.69, 9.17) is 9.26 Å². The molecule has 0 aliphatic heterocycles. The highest BCUT2D eigenvalue weighted by atomic mass is 32.1. The zero-order chi connectivity index (χ0) is 26.5. The second-order valence-electron chi connectivity index (χ2n) is 11.0. The van der Waals surface area contributed by atoms with E-state index in [0.717, 1.165) is 85.2 Å². The van der Waals surface area contributed by atoms with Gasteiger partial charge in [-0.3, -0.25) is 0 Å². The normalized spacial score (nSPS) is 21.1. The number of fused-ring (bicyclic) bond motifs is 4. The molecule has 1 atom stereocenters. The summed E-state index contributed by atoms with van der Waals surface area (Å²) in [6.07, 6.45) is 9.97. The first-order valence-electron chi connectivity index (χ1n) is 13.1. The Morgan fingerprint density at radius 3 is 2.74 bits per heavy atom. The van der Waals surface area contributed by atoms with Crippen molar-refractivity contribution in [3.63, 3.8) is 0 Å². The van der Waals surface area contributed by atoms with Crippen LogP contribution in [0.25, 0.3) is 11.5 Å². The van der Waals surface area contributed by atoms with E-state index < -0.39 is 5.41 Å². The van der Waals surface area contributed by atoms with Crippen LogP contribution < -0.4 is 4.74 Å². The Hall–Kier alpha value is -3.58. The van der Waals surface area contributed by atoms with Crippen LogP contribution in [-0.2, 0) is 23.1 Å². The highest BCUT2D eigenvalue weighted by Crippen LogP contribution is 2.56. The van der Waals surface area contributed by atoms with Crippen molar-refractivity contribution in [2.75, 3.05) is 20.7 Å². The molecule has 0 radical (unpaired) electrons.